The van der Waals surface area contributed by atoms with Crippen molar-refractivity contribution >= 4 is 11.6 Å². The summed E-state index contributed by atoms with van der Waals surface area (Å²) in [4.78, 5) is 0. The molecule has 0 bridgehead atoms. The van der Waals surface area contributed by atoms with Gasteiger partial charge in [0.1, 0.15) is 6.23 Å². The minimum absolute atomic E-state index is 0.111. The van der Waals surface area contributed by atoms with Gasteiger partial charge >= 0.3 is 0 Å². The first kappa shape index (κ1) is 5.21. The lowest BCUT2D eigenvalue weighted by Gasteiger charge is -1.89. The summed E-state index contributed by atoms with van der Waals surface area (Å²) in [5, 5.41) is 8.01. The summed E-state index contributed by atoms with van der Waals surface area (Å²) in [6, 6.07) is 0. The van der Waals surface area contributed by atoms with Crippen molar-refractivity contribution in [1.29, 1.82) is 0 Å². The Labute approximate surface area is 35.5 Å². The minimum atomic E-state index is -0.850. The summed E-state index contributed by atoms with van der Waals surface area (Å²) >= 11 is 4.96. The Kier molecular flexibility index (Phi) is 2.55. The van der Waals surface area contributed by atoms with Crippen molar-refractivity contribution < 1.29 is 5.11 Å². The fourth-order valence-electron chi connectivity index (χ4n) is 0. The van der Waals surface area contributed by atoms with Crippen molar-refractivity contribution in [3.05, 3.63) is 0 Å². The molecule has 0 aromatic carbocycles. The molecule has 3 heteroatoms. The molecule has 2 nitrogen and oxygen atoms in total. The number of hydrogen-bond acceptors (Lipinski definition) is 2. The SMILES string of the molecule is NC(O)CCl. The molecular formula is C2H6ClNO. The van der Waals surface area contributed by atoms with E-state index in [4.69, 9.17) is 22.4 Å². The summed E-state index contributed by atoms with van der Waals surface area (Å²) in [6.45, 7) is 0. The normalized spacial score (nSPS) is 15.0. The van der Waals surface area contributed by atoms with Crippen LogP contribution in [0.2, 0.25) is 0 Å². The highest BCUT2D eigenvalue weighted by Gasteiger charge is 1.83. The predicted octanol–water partition coefficient (Wildman–Crippen LogP) is -0.498. The standard InChI is InChI=1S/C2H6ClNO/c3-1-2(4)5/h2,5H,1,4H2. The third kappa shape index (κ3) is 4.21. The third-order valence-corrected chi connectivity index (χ3v) is 0.474. The Morgan fingerprint density at radius 1 is 2.00 bits per heavy atom. The number of alkyl halides is 1. The number of aliphatic hydroxyl groups is 1. The van der Waals surface area contributed by atoms with Crippen molar-refractivity contribution in [2.45, 2.75) is 6.23 Å². The van der Waals surface area contributed by atoms with Crippen LogP contribution in [-0.4, -0.2) is 17.2 Å². The van der Waals surface area contributed by atoms with Crippen LogP contribution in [0.3, 0.4) is 0 Å². The Morgan fingerprint density at radius 2 is 2.20 bits per heavy atom. The van der Waals surface area contributed by atoms with Crippen LogP contribution >= 0.6 is 11.6 Å². The van der Waals surface area contributed by atoms with Gasteiger partial charge in [-0.25, -0.2) is 0 Å². The average molecular weight is 95.5 g/mol. The zero-order chi connectivity index (χ0) is 4.28. The largest absolute Gasteiger partial charge is 0.378 e. The first-order valence-electron chi connectivity index (χ1n) is 1.27. The lowest BCUT2D eigenvalue weighted by molar-refractivity contribution is 0.206. The van der Waals surface area contributed by atoms with Crippen LogP contribution < -0.4 is 5.73 Å². The van der Waals surface area contributed by atoms with Crippen LogP contribution in [0.1, 0.15) is 0 Å². The van der Waals surface area contributed by atoms with E-state index in [1.165, 1.54) is 0 Å². The Balaban J connectivity index is 2.54. The highest BCUT2D eigenvalue weighted by molar-refractivity contribution is 6.18. The van der Waals surface area contributed by atoms with Gasteiger partial charge in [-0.1, -0.05) is 0 Å². The maximum absolute atomic E-state index is 8.01. The zero-order valence-corrected chi connectivity index (χ0v) is 3.44. The van der Waals surface area contributed by atoms with E-state index in [-0.39, 0.29) is 5.88 Å². The number of nitrogens with two attached hydrogens (primary N) is 1. The molecule has 0 radical (unpaired) electrons. The van der Waals surface area contributed by atoms with Gasteiger partial charge in [0.2, 0.25) is 0 Å². The van der Waals surface area contributed by atoms with Gasteiger partial charge in [0.05, 0.1) is 5.88 Å². The van der Waals surface area contributed by atoms with Crippen LogP contribution in [-0.2, 0) is 0 Å². The highest BCUT2D eigenvalue weighted by Crippen LogP contribution is 1.72. The molecule has 0 amide bonds. The van der Waals surface area contributed by atoms with Crippen molar-refractivity contribution in [2.75, 3.05) is 5.88 Å². The smallest absolute Gasteiger partial charge is 0.116 e. The quantitative estimate of drug-likeness (QED) is 0.341. The molecule has 0 aliphatic rings. The second-order valence-electron chi connectivity index (χ2n) is 0.722. The van der Waals surface area contributed by atoms with Crippen molar-refractivity contribution in [3.63, 3.8) is 0 Å². The van der Waals surface area contributed by atoms with Crippen molar-refractivity contribution in [2.24, 2.45) is 5.73 Å². The summed E-state index contributed by atoms with van der Waals surface area (Å²) in [6.07, 6.45) is -0.850. The van der Waals surface area contributed by atoms with Crippen LogP contribution in [0.25, 0.3) is 0 Å². The van der Waals surface area contributed by atoms with Gasteiger partial charge in [-0.05, 0) is 0 Å². The topological polar surface area (TPSA) is 46.2 Å². The fraction of sp³-hybridized carbons (Fsp3) is 1.00. The third-order valence-electron chi connectivity index (χ3n) is 0.158. The molecule has 0 spiro atoms. The molecule has 3 N–H and O–H groups in total. The van der Waals surface area contributed by atoms with Gasteiger partial charge in [0.25, 0.3) is 0 Å². The first-order chi connectivity index (χ1) is 2.27. The summed E-state index contributed by atoms with van der Waals surface area (Å²) in [5.41, 5.74) is 4.72. The number of rotatable bonds is 1. The van der Waals surface area contributed by atoms with Gasteiger partial charge in [0, 0.05) is 0 Å². The van der Waals surface area contributed by atoms with E-state index in [2.05, 4.69) is 0 Å². The molecule has 0 aliphatic carbocycles. The fourth-order valence-corrected chi connectivity index (χ4v) is 0. The Bertz CT molecular complexity index is 23.6. The molecule has 0 saturated heterocycles. The Hall–Kier alpha value is 0.210. The first-order valence-corrected chi connectivity index (χ1v) is 1.80. The highest BCUT2D eigenvalue weighted by atomic mass is 35.5. The molecule has 32 valence electrons. The lowest BCUT2D eigenvalue weighted by atomic mass is 10.7. The maximum Gasteiger partial charge on any atom is 0.116 e. The number of halogens is 1. The summed E-state index contributed by atoms with van der Waals surface area (Å²) in [5.74, 6) is 0.111. The van der Waals surface area contributed by atoms with E-state index in [1.54, 1.807) is 0 Å². The monoisotopic (exact) mass is 95.0 g/mol. The molecule has 0 saturated carbocycles. The van der Waals surface area contributed by atoms with E-state index in [9.17, 15) is 0 Å². The second-order valence-corrected chi connectivity index (χ2v) is 1.03. The molecule has 0 fully saturated rings. The van der Waals surface area contributed by atoms with Crippen molar-refractivity contribution in [1.82, 2.24) is 0 Å². The van der Waals surface area contributed by atoms with E-state index < -0.39 is 6.23 Å². The zero-order valence-electron chi connectivity index (χ0n) is 2.69. The van der Waals surface area contributed by atoms with E-state index in [0.717, 1.165) is 0 Å². The van der Waals surface area contributed by atoms with Gasteiger partial charge < -0.3 is 10.8 Å². The number of hydrogen-bond donors (Lipinski definition) is 2. The second kappa shape index (κ2) is 2.45. The molecule has 5 heavy (non-hydrogen) atoms. The molecule has 0 rings (SSSR count). The average Bonchev–Trinajstić information content (AvgIpc) is 1.38. The van der Waals surface area contributed by atoms with Crippen LogP contribution in [0.4, 0.5) is 0 Å². The predicted molar refractivity (Wildman–Crippen MR) is 20.9 cm³/mol. The summed E-state index contributed by atoms with van der Waals surface area (Å²) < 4.78 is 0. The van der Waals surface area contributed by atoms with Crippen LogP contribution in [0.5, 0.6) is 0 Å². The van der Waals surface area contributed by atoms with E-state index >= 15 is 0 Å². The van der Waals surface area contributed by atoms with Crippen LogP contribution in [0, 0.1) is 0 Å². The Morgan fingerprint density at radius 3 is 2.20 bits per heavy atom. The summed E-state index contributed by atoms with van der Waals surface area (Å²) in [7, 11) is 0. The molecule has 0 aliphatic heterocycles. The molecule has 1 atom stereocenters. The van der Waals surface area contributed by atoms with Gasteiger partial charge in [-0.2, -0.15) is 0 Å². The lowest BCUT2D eigenvalue weighted by Crippen LogP contribution is -2.19. The van der Waals surface area contributed by atoms with Crippen molar-refractivity contribution in [3.8, 4) is 0 Å². The van der Waals surface area contributed by atoms with Crippen LogP contribution in [0.15, 0.2) is 0 Å². The molecular weight excluding hydrogens is 89.5 g/mol. The number of aliphatic hydroxyl groups excluding tert-OH is 1. The van der Waals surface area contributed by atoms with E-state index in [1.807, 2.05) is 0 Å². The minimum Gasteiger partial charge on any atom is -0.378 e. The van der Waals surface area contributed by atoms with Gasteiger partial charge in [0.15, 0.2) is 0 Å². The molecule has 0 aromatic heterocycles. The van der Waals surface area contributed by atoms with E-state index in [0.29, 0.717) is 0 Å². The van der Waals surface area contributed by atoms with Gasteiger partial charge in [-0.15, -0.1) is 11.6 Å². The maximum atomic E-state index is 8.01. The molecule has 0 heterocycles. The molecule has 1 unspecified atom stereocenters. The van der Waals surface area contributed by atoms with Gasteiger partial charge in [-0.3, -0.25) is 0 Å². The molecule has 0 aromatic rings.